The summed E-state index contributed by atoms with van der Waals surface area (Å²) in [6, 6.07) is 2.10. The summed E-state index contributed by atoms with van der Waals surface area (Å²) in [5, 5.41) is 3.99. The quantitative estimate of drug-likeness (QED) is 0.742. The summed E-state index contributed by atoms with van der Waals surface area (Å²) < 4.78 is 17.6. The Morgan fingerprint density at radius 2 is 2.17 bits per heavy atom. The number of pyridine rings is 1. The number of carbonyl (C=O) groups is 1. The number of aromatic nitrogens is 2. The zero-order valence-corrected chi connectivity index (χ0v) is 17.4. The highest BCUT2D eigenvalue weighted by molar-refractivity contribution is 5.96. The van der Waals surface area contributed by atoms with Crippen molar-refractivity contribution in [2.45, 2.75) is 64.8 Å². The summed E-state index contributed by atoms with van der Waals surface area (Å²) in [7, 11) is 0. The van der Waals surface area contributed by atoms with Crippen LogP contribution >= 0.6 is 0 Å². The molecular weight excluding hydrogens is 370 g/mol. The van der Waals surface area contributed by atoms with Crippen molar-refractivity contribution in [3.8, 4) is 0 Å². The summed E-state index contributed by atoms with van der Waals surface area (Å²) in [6.45, 7) is 8.31. The fourth-order valence-electron chi connectivity index (χ4n) is 4.30. The average molecular weight is 399 g/mol. The lowest BCUT2D eigenvalue weighted by Gasteiger charge is -2.53. The molecule has 0 aliphatic carbocycles. The molecule has 2 aromatic rings. The number of ether oxygens (including phenoxy) is 2. The Hall–Kier alpha value is -2.25. The van der Waals surface area contributed by atoms with Crippen LogP contribution in [0.5, 0.6) is 0 Å². The molecule has 2 aliphatic heterocycles. The maximum absolute atomic E-state index is 13.0. The SMILES string of the molecule is CCCc1onc(C)c1C(=O)N1CC2(C[C@H](OCc3cncc(C)c3)CCO2)C1. The van der Waals surface area contributed by atoms with Crippen LogP contribution in [0.4, 0.5) is 0 Å². The van der Waals surface area contributed by atoms with Crippen molar-refractivity contribution < 1.29 is 18.8 Å². The highest BCUT2D eigenvalue weighted by Gasteiger charge is 2.50. The first-order valence-corrected chi connectivity index (χ1v) is 10.4. The standard InChI is InChI=1S/C22H29N3O4/c1-4-5-19-20(16(3)24-29-19)21(26)25-13-22(14-25)9-18(6-7-28-22)27-12-17-8-15(2)10-23-11-17/h8,10-11,18H,4-7,9,12-14H2,1-3H3/t18-/m1/s1. The first kappa shape index (κ1) is 20.0. The molecule has 0 unspecified atom stereocenters. The van der Waals surface area contributed by atoms with E-state index in [-0.39, 0.29) is 17.6 Å². The molecule has 7 heteroatoms. The van der Waals surface area contributed by atoms with Crippen LogP contribution in [0, 0.1) is 13.8 Å². The van der Waals surface area contributed by atoms with Gasteiger partial charge in [0.05, 0.1) is 31.5 Å². The minimum absolute atomic E-state index is 0.00435. The van der Waals surface area contributed by atoms with E-state index in [4.69, 9.17) is 14.0 Å². The van der Waals surface area contributed by atoms with Gasteiger partial charge in [-0.3, -0.25) is 9.78 Å². The normalized spacial score (nSPS) is 20.7. The van der Waals surface area contributed by atoms with Crippen LogP contribution in [0.1, 0.15) is 59.1 Å². The van der Waals surface area contributed by atoms with Crippen LogP contribution in [-0.4, -0.2) is 52.3 Å². The molecule has 0 bridgehead atoms. The number of hydrogen-bond donors (Lipinski definition) is 0. The van der Waals surface area contributed by atoms with Gasteiger partial charge in [0.1, 0.15) is 16.9 Å². The van der Waals surface area contributed by atoms with Crippen molar-refractivity contribution in [3.05, 3.63) is 46.6 Å². The molecule has 2 fully saturated rings. The van der Waals surface area contributed by atoms with E-state index in [1.54, 1.807) is 0 Å². The minimum Gasteiger partial charge on any atom is -0.373 e. The van der Waals surface area contributed by atoms with Crippen LogP contribution < -0.4 is 0 Å². The van der Waals surface area contributed by atoms with Gasteiger partial charge in [-0.1, -0.05) is 18.1 Å². The molecule has 1 atom stereocenters. The van der Waals surface area contributed by atoms with Crippen molar-refractivity contribution in [2.24, 2.45) is 0 Å². The maximum Gasteiger partial charge on any atom is 0.259 e. The van der Waals surface area contributed by atoms with Gasteiger partial charge in [-0.25, -0.2) is 0 Å². The fourth-order valence-corrected chi connectivity index (χ4v) is 4.30. The molecule has 2 aliphatic rings. The van der Waals surface area contributed by atoms with E-state index >= 15 is 0 Å². The van der Waals surface area contributed by atoms with Gasteiger partial charge < -0.3 is 18.9 Å². The predicted octanol–water partition coefficient (Wildman–Crippen LogP) is 3.23. The molecule has 4 rings (SSSR count). The minimum atomic E-state index is -0.292. The van der Waals surface area contributed by atoms with Gasteiger partial charge in [-0.15, -0.1) is 0 Å². The third-order valence-corrected chi connectivity index (χ3v) is 5.73. The highest BCUT2D eigenvalue weighted by Crippen LogP contribution is 2.37. The number of likely N-dealkylation sites (tertiary alicyclic amines) is 1. The van der Waals surface area contributed by atoms with E-state index in [0.29, 0.717) is 43.3 Å². The smallest absolute Gasteiger partial charge is 0.259 e. The van der Waals surface area contributed by atoms with Crippen LogP contribution in [-0.2, 0) is 22.5 Å². The topological polar surface area (TPSA) is 77.7 Å². The van der Waals surface area contributed by atoms with Gasteiger partial charge in [-0.2, -0.15) is 0 Å². The third kappa shape index (κ3) is 4.21. The monoisotopic (exact) mass is 399 g/mol. The van der Waals surface area contributed by atoms with Gasteiger partial charge in [-0.05, 0) is 37.8 Å². The summed E-state index contributed by atoms with van der Waals surface area (Å²) in [5.74, 6) is 0.684. The Morgan fingerprint density at radius 1 is 1.34 bits per heavy atom. The largest absolute Gasteiger partial charge is 0.373 e. The Morgan fingerprint density at radius 3 is 2.93 bits per heavy atom. The molecule has 2 aromatic heterocycles. The Balaban J connectivity index is 1.34. The number of rotatable bonds is 6. The maximum atomic E-state index is 13.0. The van der Waals surface area contributed by atoms with Crippen LogP contribution in [0.25, 0.3) is 0 Å². The zero-order valence-electron chi connectivity index (χ0n) is 17.4. The Bertz CT molecular complexity index is 873. The lowest BCUT2D eigenvalue weighted by atomic mass is 9.84. The molecule has 7 nitrogen and oxygen atoms in total. The van der Waals surface area contributed by atoms with E-state index in [0.717, 1.165) is 36.8 Å². The Kier molecular flexibility index (Phi) is 5.69. The van der Waals surface area contributed by atoms with Crippen molar-refractivity contribution in [3.63, 3.8) is 0 Å². The lowest BCUT2D eigenvalue weighted by molar-refractivity contribution is -0.188. The molecule has 2 saturated heterocycles. The number of carbonyl (C=O) groups excluding carboxylic acids is 1. The van der Waals surface area contributed by atoms with E-state index < -0.39 is 0 Å². The molecule has 0 aromatic carbocycles. The van der Waals surface area contributed by atoms with Crippen molar-refractivity contribution in [1.82, 2.24) is 15.0 Å². The molecule has 0 N–H and O–H groups in total. The van der Waals surface area contributed by atoms with E-state index in [9.17, 15) is 4.79 Å². The average Bonchev–Trinajstić information content (AvgIpc) is 3.05. The summed E-state index contributed by atoms with van der Waals surface area (Å²) in [4.78, 5) is 19.0. The van der Waals surface area contributed by atoms with Gasteiger partial charge in [0.15, 0.2) is 0 Å². The number of nitrogens with zero attached hydrogens (tertiary/aromatic N) is 3. The first-order chi connectivity index (χ1) is 14.0. The molecule has 156 valence electrons. The zero-order chi connectivity index (χ0) is 20.4. The van der Waals surface area contributed by atoms with Crippen molar-refractivity contribution >= 4 is 5.91 Å². The third-order valence-electron chi connectivity index (χ3n) is 5.73. The fraction of sp³-hybridized carbons (Fsp3) is 0.591. The van der Waals surface area contributed by atoms with Gasteiger partial charge >= 0.3 is 0 Å². The number of hydrogen-bond acceptors (Lipinski definition) is 6. The summed E-state index contributed by atoms with van der Waals surface area (Å²) in [5.41, 5.74) is 3.21. The lowest BCUT2D eigenvalue weighted by Crippen LogP contribution is -2.67. The van der Waals surface area contributed by atoms with E-state index in [1.165, 1.54) is 0 Å². The summed E-state index contributed by atoms with van der Waals surface area (Å²) in [6.07, 6.45) is 7.14. The first-order valence-electron chi connectivity index (χ1n) is 10.4. The highest BCUT2D eigenvalue weighted by atomic mass is 16.5. The van der Waals surface area contributed by atoms with Gasteiger partial charge in [0, 0.05) is 31.8 Å². The second-order valence-electron chi connectivity index (χ2n) is 8.31. The van der Waals surface area contributed by atoms with Crippen LogP contribution in [0.2, 0.25) is 0 Å². The predicted molar refractivity (Wildman–Crippen MR) is 107 cm³/mol. The summed E-state index contributed by atoms with van der Waals surface area (Å²) >= 11 is 0. The van der Waals surface area contributed by atoms with Gasteiger partial charge in [0.2, 0.25) is 0 Å². The van der Waals surface area contributed by atoms with Crippen molar-refractivity contribution in [1.29, 1.82) is 0 Å². The molecule has 4 heterocycles. The Labute approximate surface area is 171 Å². The second-order valence-corrected chi connectivity index (χ2v) is 8.31. The van der Waals surface area contributed by atoms with Crippen molar-refractivity contribution in [2.75, 3.05) is 19.7 Å². The number of amides is 1. The van der Waals surface area contributed by atoms with Crippen LogP contribution in [0.15, 0.2) is 23.0 Å². The molecule has 1 spiro atoms. The van der Waals surface area contributed by atoms with Gasteiger partial charge in [0.25, 0.3) is 5.91 Å². The molecule has 1 amide bonds. The molecule has 0 radical (unpaired) electrons. The molecule has 0 saturated carbocycles. The number of aryl methyl sites for hydroxylation is 3. The second kappa shape index (κ2) is 8.24. The molecule has 29 heavy (non-hydrogen) atoms. The molecular formula is C22H29N3O4. The van der Waals surface area contributed by atoms with E-state index in [2.05, 4.69) is 23.1 Å². The van der Waals surface area contributed by atoms with Crippen LogP contribution in [0.3, 0.4) is 0 Å². The van der Waals surface area contributed by atoms with E-state index in [1.807, 2.05) is 31.1 Å².